The van der Waals surface area contributed by atoms with Crippen molar-refractivity contribution in [2.75, 3.05) is 0 Å². The van der Waals surface area contributed by atoms with Crippen molar-refractivity contribution in [2.24, 2.45) is 0 Å². The molecule has 0 aliphatic carbocycles. The molecule has 0 aliphatic rings. The molecular formula is C10H6N5+. The minimum atomic E-state index is 0.0105. The summed E-state index contributed by atoms with van der Waals surface area (Å²) >= 11 is 0. The van der Waals surface area contributed by atoms with Crippen LogP contribution in [-0.2, 0) is 0 Å². The zero-order valence-electron chi connectivity index (χ0n) is 7.68. The first-order valence-electron chi connectivity index (χ1n) is 4.26. The molecule has 2 aromatic rings. The summed E-state index contributed by atoms with van der Waals surface area (Å²) < 4.78 is 0. The first-order chi connectivity index (χ1) is 7.36. The molecule has 0 atom stereocenters. The van der Waals surface area contributed by atoms with Gasteiger partial charge in [-0.1, -0.05) is 30.3 Å². The molecule has 0 spiro atoms. The normalized spacial score (nSPS) is 9.20. The first-order valence-corrected chi connectivity index (χ1v) is 4.26. The van der Waals surface area contributed by atoms with Crippen molar-refractivity contribution in [3.63, 3.8) is 0 Å². The van der Waals surface area contributed by atoms with E-state index < -0.39 is 0 Å². The Labute approximate surface area is 85.6 Å². The number of hydrogen-bond acceptors (Lipinski definition) is 3. The van der Waals surface area contributed by atoms with Gasteiger partial charge in [0.2, 0.25) is 0 Å². The number of H-pyrrole nitrogens is 1. The highest BCUT2D eigenvalue weighted by Crippen LogP contribution is 2.27. The molecule has 0 radical (unpaired) electrons. The lowest BCUT2D eigenvalue weighted by Crippen LogP contribution is -1.80. The van der Waals surface area contributed by atoms with Crippen molar-refractivity contribution in [3.8, 4) is 17.3 Å². The molecule has 0 bridgehead atoms. The molecule has 0 aliphatic heterocycles. The summed E-state index contributed by atoms with van der Waals surface area (Å²) in [6, 6.07) is 11.2. The number of rotatable bonds is 1. The largest absolute Gasteiger partial charge is 0.506 e. The van der Waals surface area contributed by atoms with Crippen molar-refractivity contribution in [1.29, 1.82) is 10.7 Å². The third kappa shape index (κ3) is 1.43. The van der Waals surface area contributed by atoms with Gasteiger partial charge in [-0.05, 0) is 0 Å². The van der Waals surface area contributed by atoms with Gasteiger partial charge in [-0.25, -0.2) is 0 Å². The summed E-state index contributed by atoms with van der Waals surface area (Å²) in [5.74, 6) is 0.0105. The van der Waals surface area contributed by atoms with Gasteiger partial charge in [0, 0.05) is 10.5 Å². The fourth-order valence-corrected chi connectivity index (χ4v) is 1.32. The summed E-state index contributed by atoms with van der Waals surface area (Å²) in [7, 11) is 0. The van der Waals surface area contributed by atoms with Crippen molar-refractivity contribution in [3.05, 3.63) is 40.9 Å². The van der Waals surface area contributed by atoms with Gasteiger partial charge in [0.1, 0.15) is 11.8 Å². The number of nitriles is 1. The van der Waals surface area contributed by atoms with E-state index in [0.29, 0.717) is 5.69 Å². The highest BCUT2D eigenvalue weighted by molar-refractivity contribution is 5.73. The van der Waals surface area contributed by atoms with Gasteiger partial charge in [-0.3, -0.25) is 0 Å². The van der Waals surface area contributed by atoms with E-state index in [1.807, 2.05) is 36.4 Å². The van der Waals surface area contributed by atoms with Crippen LogP contribution < -0.4 is 0 Å². The molecule has 5 nitrogen and oxygen atoms in total. The summed E-state index contributed by atoms with van der Waals surface area (Å²) in [5.41, 5.74) is 1.63. The quantitative estimate of drug-likeness (QED) is 0.711. The van der Waals surface area contributed by atoms with Crippen molar-refractivity contribution < 1.29 is 0 Å². The average molecular weight is 196 g/mol. The van der Waals surface area contributed by atoms with Crippen LogP contribution in [0.3, 0.4) is 0 Å². The van der Waals surface area contributed by atoms with Crippen molar-refractivity contribution in [1.82, 2.24) is 10.2 Å². The van der Waals surface area contributed by atoms with E-state index in [2.05, 4.69) is 15.2 Å². The predicted molar refractivity (Wildman–Crippen MR) is 53.5 cm³/mol. The number of benzene rings is 1. The highest BCUT2D eigenvalue weighted by atomic mass is 15.2. The van der Waals surface area contributed by atoms with Gasteiger partial charge in [0.15, 0.2) is 5.56 Å². The lowest BCUT2D eigenvalue weighted by molar-refractivity contribution is 1.10. The van der Waals surface area contributed by atoms with Crippen LogP contribution in [0, 0.1) is 16.7 Å². The zero-order valence-corrected chi connectivity index (χ0v) is 7.68. The van der Waals surface area contributed by atoms with Crippen LogP contribution in [0.1, 0.15) is 5.56 Å². The lowest BCUT2D eigenvalue weighted by Gasteiger charge is -1.93. The fourth-order valence-electron chi connectivity index (χ4n) is 1.32. The lowest BCUT2D eigenvalue weighted by atomic mass is 10.1. The molecule has 1 aromatic carbocycles. The maximum atomic E-state index is 8.90. The third-order valence-electron chi connectivity index (χ3n) is 2.02. The standard InChI is InChI=1S/C10H6N5/c11-6-8-9(14-15-10(8)13-12)7-4-2-1-3-5-7/h1-5H,(H,14,15)/q+1. The van der Waals surface area contributed by atoms with Crippen LogP contribution in [0.5, 0.6) is 0 Å². The van der Waals surface area contributed by atoms with Gasteiger partial charge in [-0.15, -0.1) is 0 Å². The number of nitrogens with zero attached hydrogens (tertiary/aromatic N) is 4. The predicted octanol–water partition coefficient (Wildman–Crippen LogP) is 2.43. The van der Waals surface area contributed by atoms with Gasteiger partial charge in [-0.2, -0.15) is 10.4 Å². The second-order valence-corrected chi connectivity index (χ2v) is 2.88. The van der Waals surface area contributed by atoms with Crippen molar-refractivity contribution >= 4 is 5.82 Å². The molecule has 0 saturated carbocycles. The Morgan fingerprint density at radius 3 is 2.60 bits per heavy atom. The summed E-state index contributed by atoms with van der Waals surface area (Å²) in [6.07, 6.45) is 0. The summed E-state index contributed by atoms with van der Waals surface area (Å²) in [5, 5.41) is 23.9. The zero-order chi connectivity index (χ0) is 10.7. The molecule has 1 heterocycles. The Kier molecular flexibility index (Phi) is 2.14. The Hall–Kier alpha value is -2.66. The monoisotopic (exact) mass is 196 g/mol. The first kappa shape index (κ1) is 8.92. The van der Waals surface area contributed by atoms with Crippen LogP contribution in [0.2, 0.25) is 0 Å². The Morgan fingerprint density at radius 1 is 1.27 bits per heavy atom. The Morgan fingerprint density at radius 2 is 2.00 bits per heavy atom. The van der Waals surface area contributed by atoms with Crippen LogP contribution in [0.15, 0.2) is 30.3 Å². The summed E-state index contributed by atoms with van der Waals surface area (Å²) in [4.78, 5) is 2.92. The number of aromatic nitrogens is 2. The minimum absolute atomic E-state index is 0.0105. The molecule has 5 heteroatoms. The van der Waals surface area contributed by atoms with E-state index in [9.17, 15) is 0 Å². The average Bonchev–Trinajstić information content (AvgIpc) is 2.72. The van der Waals surface area contributed by atoms with E-state index in [0.717, 1.165) is 5.56 Å². The molecule has 0 fully saturated rings. The Bertz CT molecular complexity index is 556. The highest BCUT2D eigenvalue weighted by Gasteiger charge is 2.24. The molecule has 70 valence electrons. The van der Waals surface area contributed by atoms with Crippen LogP contribution >= 0.6 is 0 Å². The molecule has 2 rings (SSSR count). The van der Waals surface area contributed by atoms with Gasteiger partial charge < -0.3 is 0 Å². The molecule has 0 unspecified atom stereocenters. The maximum Gasteiger partial charge on any atom is 0.506 e. The molecule has 1 N–H and O–H groups in total. The Balaban J connectivity index is 2.62. The molecule has 0 saturated heterocycles. The topological polar surface area (TPSA) is 80.6 Å². The maximum absolute atomic E-state index is 8.90. The molecular weight excluding hydrogens is 190 g/mol. The van der Waals surface area contributed by atoms with E-state index in [1.54, 1.807) is 0 Å². The fraction of sp³-hybridized carbons (Fsp3) is 0. The molecule has 1 aromatic heterocycles. The van der Waals surface area contributed by atoms with Gasteiger partial charge in [0.25, 0.3) is 0 Å². The number of diazo groups is 1. The molecule has 15 heavy (non-hydrogen) atoms. The smallest absolute Gasteiger partial charge is 0.192 e. The SMILES string of the molecule is N#Cc1c([N+]#N)n[nH]c1-c1ccccc1. The van der Waals surface area contributed by atoms with Gasteiger partial charge in [0.05, 0.1) is 10.5 Å². The van der Waals surface area contributed by atoms with Crippen LogP contribution in [-0.4, -0.2) is 10.2 Å². The molecule has 0 amide bonds. The summed E-state index contributed by atoms with van der Waals surface area (Å²) in [6.45, 7) is 0. The van der Waals surface area contributed by atoms with Crippen molar-refractivity contribution in [2.45, 2.75) is 0 Å². The number of hydrogen-bond donors (Lipinski definition) is 1. The third-order valence-corrected chi connectivity index (χ3v) is 2.02. The second-order valence-electron chi connectivity index (χ2n) is 2.88. The van der Waals surface area contributed by atoms with E-state index >= 15 is 0 Å². The van der Waals surface area contributed by atoms with E-state index in [1.165, 1.54) is 0 Å². The van der Waals surface area contributed by atoms with E-state index in [-0.39, 0.29) is 11.4 Å². The number of aromatic amines is 1. The second kappa shape index (κ2) is 3.60. The number of nitrogens with one attached hydrogen (secondary N) is 1. The van der Waals surface area contributed by atoms with Gasteiger partial charge >= 0.3 is 5.82 Å². The minimum Gasteiger partial charge on any atom is -0.192 e. The van der Waals surface area contributed by atoms with Crippen LogP contribution in [0.4, 0.5) is 5.82 Å². The van der Waals surface area contributed by atoms with Crippen LogP contribution in [0.25, 0.3) is 16.2 Å². The van der Waals surface area contributed by atoms with E-state index in [4.69, 9.17) is 10.7 Å².